The minimum Gasteiger partial charge on any atom is -0.481 e. The van der Waals surface area contributed by atoms with Crippen LogP contribution in [0.3, 0.4) is 0 Å². The number of hydrogen-bond acceptors (Lipinski definition) is 1. The largest absolute Gasteiger partial charge is 0.481 e. The molecule has 0 radical (unpaired) electrons. The van der Waals surface area contributed by atoms with Crippen molar-refractivity contribution in [1.82, 2.24) is 0 Å². The van der Waals surface area contributed by atoms with Crippen LogP contribution in [0, 0.1) is 0 Å². The Morgan fingerprint density at radius 2 is 1.23 bits per heavy atom. The van der Waals surface area contributed by atoms with E-state index in [0.29, 0.717) is 0 Å². The summed E-state index contributed by atoms with van der Waals surface area (Å²) in [6.45, 7) is 2.26. The molecule has 0 unspecified atom stereocenters. The normalized spacial score (nSPS) is 12.0. The van der Waals surface area contributed by atoms with Crippen molar-refractivity contribution in [2.75, 3.05) is 0 Å². The van der Waals surface area contributed by atoms with Gasteiger partial charge in [-0.2, -0.15) is 0 Å². The molecule has 2 nitrogen and oxygen atoms in total. The van der Waals surface area contributed by atoms with Gasteiger partial charge < -0.3 is 5.11 Å². The number of allylic oxidation sites excluding steroid dienone is 6. The maximum atomic E-state index is 10.3. The molecule has 0 saturated heterocycles. The fourth-order valence-electron chi connectivity index (χ4n) is 2.19. The fourth-order valence-corrected chi connectivity index (χ4v) is 2.19. The zero-order valence-electron chi connectivity index (χ0n) is 14.3. The van der Waals surface area contributed by atoms with Gasteiger partial charge in [-0.3, -0.25) is 4.79 Å². The standard InChI is InChI=1S/C20H34O2/c1-2-3-4-5-6-7-8-9-10-11-12-13-14-15-16-17-18-19-20(21)22/h9-10,12-13,15-16H,2-8,11,14,17-19H2,1H3,(H,21,22)/b10-9+,13-12-,16-15+. The molecule has 0 aliphatic heterocycles. The quantitative estimate of drug-likeness (QED) is 0.279. The lowest BCUT2D eigenvalue weighted by atomic mass is 10.1. The van der Waals surface area contributed by atoms with Gasteiger partial charge in [0, 0.05) is 6.42 Å². The van der Waals surface area contributed by atoms with E-state index in [9.17, 15) is 4.79 Å². The summed E-state index contributed by atoms with van der Waals surface area (Å²) in [5.41, 5.74) is 0. The Bertz CT molecular complexity index is 327. The molecule has 126 valence electrons. The van der Waals surface area contributed by atoms with Gasteiger partial charge in [0.2, 0.25) is 0 Å². The second kappa shape index (κ2) is 17.7. The molecule has 0 heterocycles. The highest BCUT2D eigenvalue weighted by Gasteiger charge is 1.92. The Morgan fingerprint density at radius 3 is 1.82 bits per heavy atom. The van der Waals surface area contributed by atoms with Gasteiger partial charge in [-0.15, -0.1) is 0 Å². The Balaban J connectivity index is 3.30. The molecular weight excluding hydrogens is 272 g/mol. The number of carboxylic acids is 1. The summed E-state index contributed by atoms with van der Waals surface area (Å²) < 4.78 is 0. The molecule has 0 aromatic carbocycles. The van der Waals surface area contributed by atoms with Crippen molar-refractivity contribution in [3.63, 3.8) is 0 Å². The maximum Gasteiger partial charge on any atom is 0.303 e. The van der Waals surface area contributed by atoms with Crippen LogP contribution in [-0.2, 0) is 4.79 Å². The van der Waals surface area contributed by atoms with Gasteiger partial charge in [-0.25, -0.2) is 0 Å². The molecule has 0 fully saturated rings. The van der Waals surface area contributed by atoms with Gasteiger partial charge in [0.25, 0.3) is 0 Å². The third-order valence-electron chi connectivity index (χ3n) is 3.53. The summed E-state index contributed by atoms with van der Waals surface area (Å²) in [6.07, 6.45) is 26.3. The second-order valence-electron chi connectivity index (χ2n) is 5.73. The average molecular weight is 306 g/mol. The third kappa shape index (κ3) is 18.7. The topological polar surface area (TPSA) is 37.3 Å². The van der Waals surface area contributed by atoms with Crippen molar-refractivity contribution < 1.29 is 9.90 Å². The molecule has 0 rings (SSSR count). The van der Waals surface area contributed by atoms with Crippen molar-refractivity contribution in [3.05, 3.63) is 36.5 Å². The van der Waals surface area contributed by atoms with E-state index < -0.39 is 5.97 Å². The predicted molar refractivity (Wildman–Crippen MR) is 96.1 cm³/mol. The lowest BCUT2D eigenvalue weighted by Crippen LogP contribution is -1.92. The Morgan fingerprint density at radius 1 is 0.727 bits per heavy atom. The summed E-state index contributed by atoms with van der Waals surface area (Å²) in [6, 6.07) is 0. The average Bonchev–Trinajstić information content (AvgIpc) is 2.50. The van der Waals surface area contributed by atoms with E-state index in [2.05, 4.69) is 43.4 Å². The first-order valence-corrected chi connectivity index (χ1v) is 8.94. The molecule has 0 saturated carbocycles. The predicted octanol–water partition coefficient (Wildman–Crippen LogP) is 6.44. The number of hydrogen-bond donors (Lipinski definition) is 1. The SMILES string of the molecule is CCCCCCCC/C=C/C/C=C\C/C=C/CCCC(=O)O. The van der Waals surface area contributed by atoms with Crippen LogP contribution in [0.2, 0.25) is 0 Å². The van der Waals surface area contributed by atoms with Gasteiger partial charge in [0.1, 0.15) is 0 Å². The zero-order chi connectivity index (χ0) is 16.3. The minimum absolute atomic E-state index is 0.267. The highest BCUT2D eigenvalue weighted by Crippen LogP contribution is 2.07. The summed E-state index contributed by atoms with van der Waals surface area (Å²) in [5, 5.41) is 8.50. The molecule has 0 atom stereocenters. The van der Waals surface area contributed by atoms with Crippen LogP contribution in [0.4, 0.5) is 0 Å². The first-order valence-electron chi connectivity index (χ1n) is 8.94. The van der Waals surface area contributed by atoms with Crippen LogP contribution in [0.15, 0.2) is 36.5 Å². The van der Waals surface area contributed by atoms with Gasteiger partial charge in [0.15, 0.2) is 0 Å². The Labute approximate surface area is 137 Å². The molecule has 0 aromatic rings. The lowest BCUT2D eigenvalue weighted by Gasteiger charge is -1.97. The van der Waals surface area contributed by atoms with Gasteiger partial charge >= 0.3 is 5.97 Å². The maximum absolute atomic E-state index is 10.3. The van der Waals surface area contributed by atoms with Crippen LogP contribution in [-0.4, -0.2) is 11.1 Å². The van der Waals surface area contributed by atoms with E-state index in [1.807, 2.05) is 0 Å². The molecule has 0 spiro atoms. The molecule has 0 aliphatic carbocycles. The first-order chi connectivity index (χ1) is 10.8. The fraction of sp³-hybridized carbons (Fsp3) is 0.650. The molecule has 0 aliphatic rings. The van der Waals surface area contributed by atoms with E-state index in [1.54, 1.807) is 0 Å². The van der Waals surface area contributed by atoms with E-state index in [4.69, 9.17) is 5.11 Å². The Hall–Kier alpha value is -1.31. The number of carboxylic acid groups (broad SMARTS) is 1. The van der Waals surface area contributed by atoms with Gasteiger partial charge in [-0.1, -0.05) is 75.5 Å². The highest BCUT2D eigenvalue weighted by molar-refractivity contribution is 5.66. The highest BCUT2D eigenvalue weighted by atomic mass is 16.4. The molecule has 0 aromatic heterocycles. The summed E-state index contributed by atoms with van der Waals surface area (Å²) in [5.74, 6) is -0.707. The Kier molecular flexibility index (Phi) is 16.7. The molecule has 0 amide bonds. The summed E-state index contributed by atoms with van der Waals surface area (Å²) in [7, 11) is 0. The van der Waals surface area contributed by atoms with Crippen molar-refractivity contribution in [2.24, 2.45) is 0 Å². The molecular formula is C20H34O2. The first kappa shape index (κ1) is 20.7. The van der Waals surface area contributed by atoms with Crippen molar-refractivity contribution in [1.29, 1.82) is 0 Å². The minimum atomic E-state index is -0.707. The van der Waals surface area contributed by atoms with E-state index in [-0.39, 0.29) is 6.42 Å². The van der Waals surface area contributed by atoms with Crippen LogP contribution < -0.4 is 0 Å². The van der Waals surface area contributed by atoms with Crippen molar-refractivity contribution >= 4 is 5.97 Å². The molecule has 1 N–H and O–H groups in total. The molecule has 0 bridgehead atoms. The van der Waals surface area contributed by atoms with E-state index >= 15 is 0 Å². The van der Waals surface area contributed by atoms with Crippen molar-refractivity contribution in [3.8, 4) is 0 Å². The van der Waals surface area contributed by atoms with Crippen LogP contribution >= 0.6 is 0 Å². The lowest BCUT2D eigenvalue weighted by molar-refractivity contribution is -0.137. The van der Waals surface area contributed by atoms with Gasteiger partial charge in [-0.05, 0) is 38.5 Å². The van der Waals surface area contributed by atoms with Crippen LogP contribution in [0.5, 0.6) is 0 Å². The third-order valence-corrected chi connectivity index (χ3v) is 3.53. The summed E-state index contributed by atoms with van der Waals surface area (Å²) >= 11 is 0. The number of carbonyl (C=O) groups is 1. The summed E-state index contributed by atoms with van der Waals surface area (Å²) in [4.78, 5) is 10.3. The van der Waals surface area contributed by atoms with Crippen molar-refractivity contribution in [2.45, 2.75) is 84.0 Å². The number of rotatable bonds is 15. The number of aliphatic carboxylic acids is 1. The van der Waals surface area contributed by atoms with Crippen LogP contribution in [0.25, 0.3) is 0 Å². The van der Waals surface area contributed by atoms with E-state index in [0.717, 1.165) is 25.7 Å². The molecule has 22 heavy (non-hydrogen) atoms. The zero-order valence-corrected chi connectivity index (χ0v) is 14.3. The monoisotopic (exact) mass is 306 g/mol. The smallest absolute Gasteiger partial charge is 0.303 e. The van der Waals surface area contributed by atoms with Gasteiger partial charge in [0.05, 0.1) is 0 Å². The number of unbranched alkanes of at least 4 members (excludes halogenated alkanes) is 7. The van der Waals surface area contributed by atoms with E-state index in [1.165, 1.54) is 44.9 Å². The van der Waals surface area contributed by atoms with Crippen LogP contribution in [0.1, 0.15) is 84.0 Å². The second-order valence-corrected chi connectivity index (χ2v) is 5.73. The molecule has 2 heteroatoms.